The number of tetrazole rings is 1. The van der Waals surface area contributed by atoms with Crippen molar-refractivity contribution in [2.24, 2.45) is 0 Å². The van der Waals surface area contributed by atoms with Crippen molar-refractivity contribution in [2.75, 3.05) is 20.2 Å². The molecule has 1 saturated heterocycles. The molecule has 0 saturated carbocycles. The zero-order valence-electron chi connectivity index (χ0n) is 19.4. The highest BCUT2D eigenvalue weighted by Crippen LogP contribution is 2.21. The number of benzene rings is 2. The molecule has 176 valence electrons. The predicted octanol–water partition coefficient (Wildman–Crippen LogP) is 1.01. The van der Waals surface area contributed by atoms with E-state index in [2.05, 4.69) is 26.6 Å². The summed E-state index contributed by atoms with van der Waals surface area (Å²) in [7, 11) is 1.64. The third-order valence-electron chi connectivity index (χ3n) is 6.65. The van der Waals surface area contributed by atoms with Crippen LogP contribution in [0.2, 0.25) is 0 Å². The average Bonchev–Trinajstić information content (AvgIpc) is 3.29. The summed E-state index contributed by atoms with van der Waals surface area (Å²) in [6.45, 7) is 3.97. The van der Waals surface area contributed by atoms with Crippen LogP contribution in [0.4, 0.5) is 0 Å². The molecule has 4 aromatic rings. The van der Waals surface area contributed by atoms with E-state index in [9.17, 15) is 9.90 Å². The van der Waals surface area contributed by atoms with Gasteiger partial charge in [0.25, 0.3) is 5.56 Å². The van der Waals surface area contributed by atoms with Crippen LogP contribution in [0.25, 0.3) is 10.9 Å². The first kappa shape index (κ1) is 22.2. The number of aliphatic hydroxyl groups excluding tert-OH is 1. The smallest absolute Gasteiger partial charge is 0.258 e. The fourth-order valence-corrected chi connectivity index (χ4v) is 4.80. The number of aliphatic hydroxyl groups is 1. The molecule has 1 aliphatic rings. The molecular formula is C25H29N6O3+. The molecule has 9 heteroatoms. The first-order chi connectivity index (χ1) is 16.5. The minimum absolute atomic E-state index is 0.140. The van der Waals surface area contributed by atoms with Gasteiger partial charge < -0.3 is 19.7 Å². The average molecular weight is 462 g/mol. The number of hydrogen-bond acceptors (Lipinski definition) is 6. The lowest BCUT2D eigenvalue weighted by Crippen LogP contribution is -3.14. The van der Waals surface area contributed by atoms with Crippen LogP contribution in [-0.2, 0) is 6.54 Å². The van der Waals surface area contributed by atoms with Crippen molar-refractivity contribution in [1.29, 1.82) is 0 Å². The van der Waals surface area contributed by atoms with Crippen LogP contribution >= 0.6 is 0 Å². The van der Waals surface area contributed by atoms with Crippen molar-refractivity contribution >= 4 is 10.9 Å². The number of nitrogens with zero attached hydrogens (tertiary/aromatic N) is 4. The molecular weight excluding hydrogens is 432 g/mol. The molecule has 2 aromatic heterocycles. The van der Waals surface area contributed by atoms with Crippen molar-refractivity contribution < 1.29 is 14.7 Å². The van der Waals surface area contributed by atoms with E-state index in [1.807, 2.05) is 49.4 Å². The number of H-pyrrole nitrogens is 1. The number of aromatic amines is 1. The van der Waals surface area contributed by atoms with Crippen molar-refractivity contribution in [1.82, 2.24) is 25.2 Å². The number of rotatable bonds is 6. The third kappa shape index (κ3) is 4.44. The minimum Gasteiger partial charge on any atom is -0.497 e. The van der Waals surface area contributed by atoms with E-state index in [4.69, 9.17) is 4.74 Å². The van der Waals surface area contributed by atoms with Gasteiger partial charge in [0.15, 0.2) is 6.04 Å². The number of aromatic nitrogens is 5. The maximum Gasteiger partial charge on any atom is 0.258 e. The van der Waals surface area contributed by atoms with E-state index in [0.717, 1.165) is 40.9 Å². The Bertz CT molecular complexity index is 1340. The Morgan fingerprint density at radius 2 is 1.94 bits per heavy atom. The first-order valence-electron chi connectivity index (χ1n) is 11.6. The standard InChI is InChI=1S/C25H28N6O3/c1-16-3-8-22-18(13-16)14-21(25(33)26-22)23(30-11-9-19(32)10-12-30)24-27-28-29-31(24)15-17-4-6-20(34-2)7-5-17/h3-8,13-14,19,23,32H,9-12,15H2,1-2H3,(H,26,33)/p+1/t23-/m0/s1. The Morgan fingerprint density at radius 1 is 1.18 bits per heavy atom. The van der Waals surface area contributed by atoms with Gasteiger partial charge in [0.05, 0.1) is 38.4 Å². The summed E-state index contributed by atoms with van der Waals surface area (Å²) in [5, 5.41) is 23.7. The van der Waals surface area contributed by atoms with Gasteiger partial charge in [0.1, 0.15) is 5.75 Å². The summed E-state index contributed by atoms with van der Waals surface area (Å²) < 4.78 is 7.03. The molecule has 5 rings (SSSR count). The zero-order valence-corrected chi connectivity index (χ0v) is 19.4. The van der Waals surface area contributed by atoms with Gasteiger partial charge in [0, 0.05) is 18.4 Å². The van der Waals surface area contributed by atoms with E-state index in [1.54, 1.807) is 11.8 Å². The van der Waals surface area contributed by atoms with Crippen molar-refractivity contribution in [3.8, 4) is 5.75 Å². The molecule has 34 heavy (non-hydrogen) atoms. The minimum atomic E-state index is -0.352. The van der Waals surface area contributed by atoms with Crippen LogP contribution in [0.3, 0.4) is 0 Å². The third-order valence-corrected chi connectivity index (χ3v) is 6.65. The lowest BCUT2D eigenvalue weighted by molar-refractivity contribution is -0.932. The summed E-state index contributed by atoms with van der Waals surface area (Å²) in [6, 6.07) is 15.4. The van der Waals surface area contributed by atoms with E-state index < -0.39 is 0 Å². The second-order valence-corrected chi connectivity index (χ2v) is 9.01. The van der Waals surface area contributed by atoms with Gasteiger partial charge in [-0.05, 0) is 58.6 Å². The van der Waals surface area contributed by atoms with Crippen LogP contribution in [-0.4, -0.2) is 56.6 Å². The Morgan fingerprint density at radius 3 is 2.68 bits per heavy atom. The van der Waals surface area contributed by atoms with Gasteiger partial charge in [-0.15, -0.1) is 5.10 Å². The van der Waals surface area contributed by atoms with Crippen LogP contribution in [0.1, 0.15) is 41.4 Å². The summed E-state index contributed by atoms with van der Waals surface area (Å²) in [5.74, 6) is 1.42. The van der Waals surface area contributed by atoms with E-state index in [-0.39, 0.29) is 17.7 Å². The Balaban J connectivity index is 1.58. The van der Waals surface area contributed by atoms with Crippen molar-refractivity contribution in [3.63, 3.8) is 0 Å². The highest BCUT2D eigenvalue weighted by Gasteiger charge is 2.36. The van der Waals surface area contributed by atoms with Crippen LogP contribution in [0.15, 0.2) is 53.3 Å². The summed E-state index contributed by atoms with van der Waals surface area (Å²) >= 11 is 0. The molecule has 0 radical (unpaired) electrons. The fourth-order valence-electron chi connectivity index (χ4n) is 4.80. The van der Waals surface area contributed by atoms with Gasteiger partial charge in [-0.25, -0.2) is 4.68 Å². The summed E-state index contributed by atoms with van der Waals surface area (Å²) in [5.41, 5.74) is 3.45. The van der Waals surface area contributed by atoms with Gasteiger partial charge in [-0.3, -0.25) is 4.79 Å². The van der Waals surface area contributed by atoms with Gasteiger partial charge in [-0.2, -0.15) is 0 Å². The maximum atomic E-state index is 13.3. The van der Waals surface area contributed by atoms with Gasteiger partial charge >= 0.3 is 0 Å². The van der Waals surface area contributed by atoms with Crippen LogP contribution in [0, 0.1) is 6.92 Å². The van der Waals surface area contributed by atoms with Crippen LogP contribution in [0.5, 0.6) is 5.75 Å². The summed E-state index contributed by atoms with van der Waals surface area (Å²) in [4.78, 5) is 17.5. The molecule has 1 fully saturated rings. The SMILES string of the molecule is COc1ccc(Cn2nnnc2[C@H](c2cc3cc(C)ccc3[nH]c2=O)[NH+]2CCC(O)CC2)cc1. The van der Waals surface area contributed by atoms with Gasteiger partial charge in [-0.1, -0.05) is 23.8 Å². The monoisotopic (exact) mass is 461 g/mol. The van der Waals surface area contributed by atoms with Crippen molar-refractivity contribution in [3.05, 3.63) is 81.4 Å². The molecule has 3 N–H and O–H groups in total. The number of aryl methyl sites for hydroxylation is 1. The van der Waals surface area contributed by atoms with E-state index >= 15 is 0 Å². The van der Waals surface area contributed by atoms with Crippen LogP contribution < -0.4 is 15.2 Å². The number of likely N-dealkylation sites (tertiary alicyclic amines) is 1. The molecule has 2 aromatic carbocycles. The molecule has 0 aliphatic carbocycles. The molecule has 1 aliphatic heterocycles. The number of hydrogen-bond donors (Lipinski definition) is 3. The second-order valence-electron chi connectivity index (χ2n) is 9.01. The largest absolute Gasteiger partial charge is 0.497 e. The van der Waals surface area contributed by atoms with Crippen molar-refractivity contribution in [2.45, 2.75) is 38.5 Å². The van der Waals surface area contributed by atoms with Gasteiger partial charge in [0.2, 0.25) is 5.82 Å². The number of nitrogens with one attached hydrogen (secondary N) is 2. The number of methoxy groups -OCH3 is 1. The molecule has 0 spiro atoms. The number of pyridine rings is 1. The molecule has 3 heterocycles. The van der Waals surface area contributed by atoms with E-state index in [0.29, 0.717) is 30.8 Å². The maximum absolute atomic E-state index is 13.3. The first-order valence-corrected chi connectivity index (χ1v) is 11.6. The zero-order chi connectivity index (χ0) is 23.7. The highest BCUT2D eigenvalue weighted by molar-refractivity contribution is 5.79. The topological polar surface area (TPSA) is 110 Å². The molecule has 0 unspecified atom stereocenters. The number of quaternary nitrogens is 1. The molecule has 0 amide bonds. The summed E-state index contributed by atoms with van der Waals surface area (Å²) in [6.07, 6.45) is 1.05. The Hall–Kier alpha value is -3.56. The lowest BCUT2D eigenvalue weighted by Gasteiger charge is -2.32. The molecule has 9 nitrogen and oxygen atoms in total. The molecule has 1 atom stereocenters. The quantitative estimate of drug-likeness (QED) is 0.395. The van der Waals surface area contributed by atoms with E-state index in [1.165, 1.54) is 4.90 Å². The fraction of sp³-hybridized carbons (Fsp3) is 0.360. The normalized spacial score (nSPS) is 19.3. The lowest BCUT2D eigenvalue weighted by atomic mass is 9.99. The number of fused-ring (bicyclic) bond motifs is 1. The highest BCUT2D eigenvalue weighted by atomic mass is 16.5. The predicted molar refractivity (Wildman–Crippen MR) is 127 cm³/mol. The number of ether oxygens (including phenoxy) is 1. The Labute approximate surface area is 197 Å². The molecule has 0 bridgehead atoms. The Kier molecular flexibility index (Phi) is 6.12. The number of piperidine rings is 1. The second kappa shape index (κ2) is 9.36.